The molecular weight excluding hydrogens is 180 g/mol. The zero-order valence-electron chi connectivity index (χ0n) is 7.99. The molecule has 0 spiro atoms. The van der Waals surface area contributed by atoms with E-state index in [1.165, 1.54) is 0 Å². The van der Waals surface area contributed by atoms with Crippen LogP contribution in [0, 0.1) is 0 Å². The van der Waals surface area contributed by atoms with E-state index in [-0.39, 0.29) is 5.97 Å². The van der Waals surface area contributed by atoms with Crippen molar-refractivity contribution in [3.63, 3.8) is 0 Å². The molecule has 2 heterocycles. The van der Waals surface area contributed by atoms with Gasteiger partial charge < -0.3 is 10.2 Å². The molecule has 1 aliphatic heterocycles. The van der Waals surface area contributed by atoms with Crippen molar-refractivity contribution in [3.8, 4) is 0 Å². The topological polar surface area (TPSA) is 43.3 Å². The molecule has 0 atom stereocenters. The first-order chi connectivity index (χ1) is 6.81. The molecule has 0 radical (unpaired) electrons. The minimum Gasteiger partial charge on any atom is -0.463 e. The summed E-state index contributed by atoms with van der Waals surface area (Å²) in [4.78, 5) is 11.4. The van der Waals surface area contributed by atoms with Crippen molar-refractivity contribution in [2.75, 3.05) is 18.6 Å². The number of carbonyl (C=O) groups is 1. The van der Waals surface area contributed by atoms with Crippen LogP contribution in [0.2, 0.25) is 0 Å². The SMILES string of the molecule is CCOC(=O)C1=Cc2cccn2NC1. The molecule has 1 aliphatic rings. The van der Waals surface area contributed by atoms with Crippen LogP contribution >= 0.6 is 0 Å². The van der Waals surface area contributed by atoms with Gasteiger partial charge in [0.1, 0.15) is 0 Å². The van der Waals surface area contributed by atoms with E-state index in [9.17, 15) is 4.79 Å². The van der Waals surface area contributed by atoms with Gasteiger partial charge in [-0.05, 0) is 25.1 Å². The van der Waals surface area contributed by atoms with Crippen molar-refractivity contribution in [3.05, 3.63) is 29.6 Å². The van der Waals surface area contributed by atoms with E-state index in [0.717, 1.165) is 5.69 Å². The summed E-state index contributed by atoms with van der Waals surface area (Å²) >= 11 is 0. The highest BCUT2D eigenvalue weighted by Gasteiger charge is 2.15. The zero-order valence-corrected chi connectivity index (χ0v) is 7.99. The largest absolute Gasteiger partial charge is 0.463 e. The van der Waals surface area contributed by atoms with Crippen molar-refractivity contribution < 1.29 is 9.53 Å². The normalized spacial score (nSPS) is 13.9. The fourth-order valence-corrected chi connectivity index (χ4v) is 1.41. The first kappa shape index (κ1) is 8.87. The van der Waals surface area contributed by atoms with Gasteiger partial charge in [-0.15, -0.1) is 0 Å². The third-order valence-electron chi connectivity index (χ3n) is 2.08. The molecule has 0 unspecified atom stereocenters. The molecule has 0 saturated heterocycles. The summed E-state index contributed by atoms with van der Waals surface area (Å²) in [5, 5.41) is 0. The summed E-state index contributed by atoms with van der Waals surface area (Å²) in [7, 11) is 0. The van der Waals surface area contributed by atoms with E-state index >= 15 is 0 Å². The van der Waals surface area contributed by atoms with E-state index in [4.69, 9.17) is 4.74 Å². The number of fused-ring (bicyclic) bond motifs is 1. The molecule has 0 fully saturated rings. The Balaban J connectivity index is 2.20. The van der Waals surface area contributed by atoms with E-state index in [1.54, 1.807) is 6.92 Å². The average Bonchev–Trinajstić information content (AvgIpc) is 2.64. The third kappa shape index (κ3) is 1.51. The van der Waals surface area contributed by atoms with Gasteiger partial charge in [0.15, 0.2) is 0 Å². The lowest BCUT2D eigenvalue weighted by atomic mass is 10.2. The van der Waals surface area contributed by atoms with Gasteiger partial charge in [0.25, 0.3) is 0 Å². The second kappa shape index (κ2) is 3.57. The van der Waals surface area contributed by atoms with Crippen LogP contribution < -0.4 is 5.43 Å². The first-order valence-electron chi connectivity index (χ1n) is 4.60. The van der Waals surface area contributed by atoms with Crippen molar-refractivity contribution in [2.45, 2.75) is 6.92 Å². The maximum Gasteiger partial charge on any atom is 0.335 e. The van der Waals surface area contributed by atoms with Gasteiger partial charge in [0.2, 0.25) is 0 Å². The monoisotopic (exact) mass is 192 g/mol. The van der Waals surface area contributed by atoms with Crippen LogP contribution in [0.15, 0.2) is 23.9 Å². The first-order valence-corrected chi connectivity index (χ1v) is 4.60. The Hall–Kier alpha value is -1.71. The fourth-order valence-electron chi connectivity index (χ4n) is 1.41. The second-order valence-electron chi connectivity index (χ2n) is 3.03. The summed E-state index contributed by atoms with van der Waals surface area (Å²) in [6.07, 6.45) is 3.75. The van der Waals surface area contributed by atoms with Crippen molar-refractivity contribution in [2.24, 2.45) is 0 Å². The number of rotatable bonds is 2. The van der Waals surface area contributed by atoms with Crippen LogP contribution in [-0.4, -0.2) is 23.8 Å². The van der Waals surface area contributed by atoms with Gasteiger partial charge in [0.05, 0.1) is 24.4 Å². The Morgan fingerprint density at radius 3 is 3.36 bits per heavy atom. The molecule has 2 rings (SSSR count). The molecule has 0 aromatic carbocycles. The maximum absolute atomic E-state index is 11.4. The lowest BCUT2D eigenvalue weighted by Crippen LogP contribution is -2.26. The van der Waals surface area contributed by atoms with Gasteiger partial charge in [0, 0.05) is 6.20 Å². The molecule has 1 aromatic rings. The number of aromatic nitrogens is 1. The Labute approximate surface area is 82.1 Å². The molecule has 4 nitrogen and oxygen atoms in total. The molecule has 0 saturated carbocycles. The molecule has 1 N–H and O–H groups in total. The summed E-state index contributed by atoms with van der Waals surface area (Å²) in [5.41, 5.74) is 4.72. The van der Waals surface area contributed by atoms with Crippen LogP contribution in [0.4, 0.5) is 0 Å². The molecule has 4 heteroatoms. The summed E-state index contributed by atoms with van der Waals surface area (Å²) in [6.45, 7) is 2.73. The Bertz CT molecular complexity index is 379. The summed E-state index contributed by atoms with van der Waals surface area (Å²) in [6, 6.07) is 3.86. The molecular formula is C10H12N2O2. The van der Waals surface area contributed by atoms with Gasteiger partial charge >= 0.3 is 5.97 Å². The number of nitrogens with zero attached hydrogens (tertiary/aromatic N) is 1. The van der Waals surface area contributed by atoms with Gasteiger partial charge in [-0.2, -0.15) is 0 Å². The lowest BCUT2D eigenvalue weighted by Gasteiger charge is -2.17. The van der Waals surface area contributed by atoms with Crippen LogP contribution in [0.1, 0.15) is 12.6 Å². The minimum absolute atomic E-state index is 0.243. The van der Waals surface area contributed by atoms with E-state index in [0.29, 0.717) is 18.7 Å². The highest BCUT2D eigenvalue weighted by molar-refractivity contribution is 5.94. The second-order valence-corrected chi connectivity index (χ2v) is 3.03. The maximum atomic E-state index is 11.4. The molecule has 0 amide bonds. The molecule has 1 aromatic heterocycles. The lowest BCUT2D eigenvalue weighted by molar-refractivity contribution is -0.138. The van der Waals surface area contributed by atoms with Gasteiger partial charge in [-0.3, -0.25) is 4.68 Å². The van der Waals surface area contributed by atoms with Crippen LogP contribution in [-0.2, 0) is 9.53 Å². The van der Waals surface area contributed by atoms with E-state index in [2.05, 4.69) is 5.43 Å². The molecule has 0 bridgehead atoms. The van der Waals surface area contributed by atoms with Crippen molar-refractivity contribution in [1.82, 2.24) is 4.68 Å². The molecule has 74 valence electrons. The number of nitrogens with one attached hydrogen (secondary N) is 1. The Morgan fingerprint density at radius 1 is 1.71 bits per heavy atom. The van der Waals surface area contributed by atoms with E-state index in [1.807, 2.05) is 29.1 Å². The number of ether oxygens (including phenoxy) is 1. The van der Waals surface area contributed by atoms with Gasteiger partial charge in [-0.1, -0.05) is 0 Å². The smallest absolute Gasteiger partial charge is 0.335 e. The number of hydrogen-bond acceptors (Lipinski definition) is 3. The third-order valence-corrected chi connectivity index (χ3v) is 2.08. The minimum atomic E-state index is -0.243. The van der Waals surface area contributed by atoms with E-state index < -0.39 is 0 Å². The predicted octanol–water partition coefficient (Wildman–Crippen LogP) is 0.992. The zero-order chi connectivity index (χ0) is 9.97. The standard InChI is InChI=1S/C10H12N2O2/c1-2-14-10(13)8-6-9-4-3-5-12(9)11-7-8/h3-6,11H,2,7H2,1H3. The summed E-state index contributed by atoms with van der Waals surface area (Å²) < 4.78 is 6.79. The Morgan fingerprint density at radius 2 is 2.57 bits per heavy atom. The van der Waals surface area contributed by atoms with Crippen molar-refractivity contribution >= 4 is 12.0 Å². The highest BCUT2D eigenvalue weighted by atomic mass is 16.5. The predicted molar refractivity (Wildman–Crippen MR) is 53.3 cm³/mol. The molecule has 14 heavy (non-hydrogen) atoms. The number of esters is 1. The number of hydrogen-bond donors (Lipinski definition) is 1. The number of carbonyl (C=O) groups excluding carboxylic acids is 1. The fraction of sp³-hybridized carbons (Fsp3) is 0.300. The van der Waals surface area contributed by atoms with Crippen molar-refractivity contribution in [1.29, 1.82) is 0 Å². The highest BCUT2D eigenvalue weighted by Crippen LogP contribution is 2.12. The van der Waals surface area contributed by atoms with Crippen LogP contribution in [0.5, 0.6) is 0 Å². The quantitative estimate of drug-likeness (QED) is 0.711. The van der Waals surface area contributed by atoms with Gasteiger partial charge in [-0.25, -0.2) is 4.79 Å². The summed E-state index contributed by atoms with van der Waals surface area (Å²) in [5.74, 6) is -0.243. The van der Waals surface area contributed by atoms with Crippen LogP contribution in [0.25, 0.3) is 6.08 Å². The molecule has 0 aliphatic carbocycles. The Kier molecular flexibility index (Phi) is 2.26. The van der Waals surface area contributed by atoms with Crippen LogP contribution in [0.3, 0.4) is 0 Å². The average molecular weight is 192 g/mol.